The molecular formula is C13H18FNO. The Labute approximate surface area is 95.8 Å². The van der Waals surface area contributed by atoms with Gasteiger partial charge in [-0.1, -0.05) is 19.1 Å². The van der Waals surface area contributed by atoms with Crippen LogP contribution >= 0.6 is 0 Å². The first-order valence-corrected chi connectivity index (χ1v) is 5.66. The summed E-state index contributed by atoms with van der Waals surface area (Å²) in [7, 11) is 1.76. The van der Waals surface area contributed by atoms with Crippen molar-refractivity contribution in [1.29, 1.82) is 0 Å². The van der Waals surface area contributed by atoms with Gasteiger partial charge in [0.1, 0.15) is 5.82 Å². The van der Waals surface area contributed by atoms with Crippen LogP contribution in [-0.2, 0) is 4.74 Å². The van der Waals surface area contributed by atoms with Gasteiger partial charge in [-0.05, 0) is 30.0 Å². The molecule has 1 heterocycles. The number of hydrogen-bond donors (Lipinski definition) is 1. The van der Waals surface area contributed by atoms with E-state index in [1.54, 1.807) is 7.11 Å². The van der Waals surface area contributed by atoms with E-state index in [1.807, 2.05) is 12.1 Å². The van der Waals surface area contributed by atoms with Crippen molar-refractivity contribution in [3.05, 3.63) is 35.6 Å². The molecule has 1 aromatic rings. The van der Waals surface area contributed by atoms with Gasteiger partial charge in [0, 0.05) is 20.2 Å². The van der Waals surface area contributed by atoms with Crippen LogP contribution in [0.15, 0.2) is 24.3 Å². The highest BCUT2D eigenvalue weighted by Gasteiger charge is 2.38. The first kappa shape index (κ1) is 11.6. The number of ether oxygens (including phenoxy) is 1. The summed E-state index contributed by atoms with van der Waals surface area (Å²) in [5.41, 5.74) is 1.15. The molecule has 0 amide bonds. The molecule has 0 saturated carbocycles. The van der Waals surface area contributed by atoms with Crippen molar-refractivity contribution < 1.29 is 9.13 Å². The molecule has 1 aliphatic heterocycles. The summed E-state index contributed by atoms with van der Waals surface area (Å²) in [4.78, 5) is 0. The second-order valence-corrected chi connectivity index (χ2v) is 4.65. The van der Waals surface area contributed by atoms with Gasteiger partial charge in [0.15, 0.2) is 0 Å². The Morgan fingerprint density at radius 1 is 1.38 bits per heavy atom. The molecule has 0 spiro atoms. The van der Waals surface area contributed by atoms with Gasteiger partial charge < -0.3 is 10.1 Å². The molecule has 88 valence electrons. The number of hydrogen-bond acceptors (Lipinski definition) is 2. The number of halogens is 1. The van der Waals surface area contributed by atoms with E-state index < -0.39 is 0 Å². The molecule has 1 fully saturated rings. The second-order valence-electron chi connectivity index (χ2n) is 4.65. The summed E-state index contributed by atoms with van der Waals surface area (Å²) >= 11 is 0. The minimum Gasteiger partial charge on any atom is -0.376 e. The third-order valence-electron chi connectivity index (χ3n) is 3.44. The van der Waals surface area contributed by atoms with Crippen molar-refractivity contribution in [2.75, 3.05) is 20.2 Å². The van der Waals surface area contributed by atoms with Crippen LogP contribution in [0.3, 0.4) is 0 Å². The Morgan fingerprint density at radius 3 is 2.44 bits per heavy atom. The van der Waals surface area contributed by atoms with E-state index in [0.717, 1.165) is 19.5 Å². The Morgan fingerprint density at radius 2 is 2.00 bits per heavy atom. The monoisotopic (exact) mass is 223 g/mol. The summed E-state index contributed by atoms with van der Waals surface area (Å²) in [6.45, 7) is 3.98. The smallest absolute Gasteiger partial charge is 0.123 e. The molecule has 0 bridgehead atoms. The maximum atomic E-state index is 12.8. The first-order valence-electron chi connectivity index (χ1n) is 5.66. The minimum atomic E-state index is -0.178. The molecular weight excluding hydrogens is 205 g/mol. The quantitative estimate of drug-likeness (QED) is 0.845. The summed E-state index contributed by atoms with van der Waals surface area (Å²) in [5, 5.41) is 3.23. The normalized spacial score (nSPS) is 20.2. The SMILES string of the molecule is COC1(CC(C)c2ccc(F)cc2)CNC1. The fraction of sp³-hybridized carbons (Fsp3) is 0.538. The maximum Gasteiger partial charge on any atom is 0.123 e. The predicted molar refractivity (Wildman–Crippen MR) is 62.0 cm³/mol. The van der Waals surface area contributed by atoms with Crippen LogP contribution in [0.4, 0.5) is 4.39 Å². The highest BCUT2D eigenvalue weighted by molar-refractivity contribution is 5.21. The average Bonchev–Trinajstić information content (AvgIpc) is 2.24. The molecule has 16 heavy (non-hydrogen) atoms. The zero-order valence-corrected chi connectivity index (χ0v) is 9.79. The summed E-state index contributed by atoms with van der Waals surface area (Å²) in [6.07, 6.45) is 0.974. The predicted octanol–water partition coefficient (Wildman–Crippen LogP) is 2.31. The van der Waals surface area contributed by atoms with Crippen LogP contribution in [0.25, 0.3) is 0 Å². The standard InChI is InChI=1S/C13H18FNO/c1-10(7-13(16-2)8-15-9-13)11-3-5-12(14)6-4-11/h3-6,10,15H,7-9H2,1-2H3. The lowest BCUT2D eigenvalue weighted by molar-refractivity contribution is -0.0607. The van der Waals surface area contributed by atoms with Gasteiger partial charge in [-0.2, -0.15) is 0 Å². The first-order chi connectivity index (χ1) is 7.65. The van der Waals surface area contributed by atoms with Gasteiger partial charge in [-0.15, -0.1) is 0 Å². The Bertz CT molecular complexity index is 340. The molecule has 1 aliphatic rings. The lowest BCUT2D eigenvalue weighted by Gasteiger charge is -2.43. The van der Waals surface area contributed by atoms with Gasteiger partial charge in [0.25, 0.3) is 0 Å². The highest BCUT2D eigenvalue weighted by atomic mass is 19.1. The van der Waals surface area contributed by atoms with Crippen LogP contribution in [0.2, 0.25) is 0 Å². The van der Waals surface area contributed by atoms with Crippen LogP contribution in [0.1, 0.15) is 24.8 Å². The number of methoxy groups -OCH3 is 1. The van der Waals surface area contributed by atoms with Crippen LogP contribution in [0.5, 0.6) is 0 Å². The molecule has 1 atom stereocenters. The molecule has 0 radical (unpaired) electrons. The molecule has 3 heteroatoms. The van der Waals surface area contributed by atoms with Crippen molar-refractivity contribution in [2.24, 2.45) is 0 Å². The largest absolute Gasteiger partial charge is 0.376 e. The number of nitrogens with one attached hydrogen (secondary N) is 1. The van der Waals surface area contributed by atoms with Crippen molar-refractivity contribution in [2.45, 2.75) is 24.9 Å². The van der Waals surface area contributed by atoms with E-state index in [1.165, 1.54) is 17.7 Å². The van der Waals surface area contributed by atoms with Gasteiger partial charge >= 0.3 is 0 Å². The van der Waals surface area contributed by atoms with Gasteiger partial charge in [-0.3, -0.25) is 0 Å². The lowest BCUT2D eigenvalue weighted by atomic mass is 9.83. The molecule has 2 rings (SSSR count). The Hall–Kier alpha value is -0.930. The zero-order chi connectivity index (χ0) is 11.6. The van der Waals surface area contributed by atoms with E-state index in [9.17, 15) is 4.39 Å². The number of benzene rings is 1. The van der Waals surface area contributed by atoms with Crippen molar-refractivity contribution in [1.82, 2.24) is 5.32 Å². The Balaban J connectivity index is 2.02. The van der Waals surface area contributed by atoms with Crippen LogP contribution < -0.4 is 5.32 Å². The van der Waals surface area contributed by atoms with E-state index in [0.29, 0.717) is 5.92 Å². The van der Waals surface area contributed by atoms with Gasteiger partial charge in [0.05, 0.1) is 5.60 Å². The Kier molecular flexibility index (Phi) is 3.26. The third kappa shape index (κ3) is 2.25. The van der Waals surface area contributed by atoms with E-state index in [4.69, 9.17) is 4.74 Å². The highest BCUT2D eigenvalue weighted by Crippen LogP contribution is 2.30. The zero-order valence-electron chi connectivity index (χ0n) is 9.79. The van der Waals surface area contributed by atoms with E-state index in [-0.39, 0.29) is 11.4 Å². The summed E-state index contributed by atoms with van der Waals surface area (Å²) in [5.74, 6) is 0.213. The fourth-order valence-corrected chi connectivity index (χ4v) is 2.24. The van der Waals surface area contributed by atoms with Gasteiger partial charge in [0.2, 0.25) is 0 Å². The molecule has 2 nitrogen and oxygen atoms in total. The molecule has 1 N–H and O–H groups in total. The second kappa shape index (κ2) is 4.52. The molecule has 1 aromatic carbocycles. The third-order valence-corrected chi connectivity index (χ3v) is 3.44. The summed E-state index contributed by atoms with van der Waals surface area (Å²) in [6, 6.07) is 6.75. The number of rotatable bonds is 4. The summed E-state index contributed by atoms with van der Waals surface area (Å²) < 4.78 is 18.3. The topological polar surface area (TPSA) is 21.3 Å². The average molecular weight is 223 g/mol. The molecule has 0 aromatic heterocycles. The fourth-order valence-electron chi connectivity index (χ4n) is 2.24. The molecule has 0 aliphatic carbocycles. The van der Waals surface area contributed by atoms with Crippen molar-refractivity contribution >= 4 is 0 Å². The van der Waals surface area contributed by atoms with Crippen molar-refractivity contribution in [3.63, 3.8) is 0 Å². The van der Waals surface area contributed by atoms with Crippen LogP contribution in [-0.4, -0.2) is 25.8 Å². The lowest BCUT2D eigenvalue weighted by Crippen LogP contribution is -2.61. The molecule has 1 unspecified atom stereocenters. The van der Waals surface area contributed by atoms with E-state index >= 15 is 0 Å². The maximum absolute atomic E-state index is 12.8. The minimum absolute atomic E-state index is 0.0200. The molecule has 1 saturated heterocycles. The van der Waals surface area contributed by atoms with Crippen LogP contribution in [0, 0.1) is 5.82 Å². The van der Waals surface area contributed by atoms with E-state index in [2.05, 4.69) is 12.2 Å². The van der Waals surface area contributed by atoms with Gasteiger partial charge in [-0.25, -0.2) is 4.39 Å². The van der Waals surface area contributed by atoms with Crippen molar-refractivity contribution in [3.8, 4) is 0 Å².